The number of H-pyrrole nitrogens is 1. The van der Waals surface area contributed by atoms with Crippen molar-refractivity contribution in [2.75, 3.05) is 23.6 Å². The summed E-state index contributed by atoms with van der Waals surface area (Å²) in [6, 6.07) is 5.30. The first kappa shape index (κ1) is 19.3. The molecular weight excluding hydrogens is 338 g/mol. The molecule has 0 unspecified atom stereocenters. The van der Waals surface area contributed by atoms with E-state index in [-0.39, 0.29) is 14.5 Å². The minimum absolute atomic E-state index is 0. The van der Waals surface area contributed by atoms with Crippen molar-refractivity contribution in [3.63, 3.8) is 0 Å². The van der Waals surface area contributed by atoms with E-state index in [1.54, 1.807) is 23.1 Å². The molecule has 25 heavy (non-hydrogen) atoms. The third-order valence-electron chi connectivity index (χ3n) is 4.36. The Bertz CT molecular complexity index is 862. The largest absolute Gasteiger partial charge is 0.350 e. The van der Waals surface area contributed by atoms with Crippen LogP contribution in [0.4, 0.5) is 5.69 Å². The first-order chi connectivity index (χ1) is 11.8. The van der Waals surface area contributed by atoms with E-state index in [9.17, 15) is 13.2 Å². The van der Waals surface area contributed by atoms with E-state index in [4.69, 9.17) is 0 Å². The highest BCUT2D eigenvalue weighted by Gasteiger charge is 2.19. The topological polar surface area (TPSA) is 82.3 Å². The number of fused-ring (bicyclic) bond motifs is 1. The fraction of sp³-hybridized carbons (Fsp3) is 0.500. The molecule has 6 nitrogen and oxygen atoms in total. The molecule has 0 saturated heterocycles. The predicted octanol–water partition coefficient (Wildman–Crippen LogP) is 3.99. The molecule has 2 aromatic rings. The van der Waals surface area contributed by atoms with Crippen LogP contribution in [-0.2, 0) is 10.0 Å². The second-order valence-electron chi connectivity index (χ2n) is 6.14. The fourth-order valence-electron chi connectivity index (χ4n) is 2.84. The average molecular weight is 370 g/mol. The van der Waals surface area contributed by atoms with E-state index in [2.05, 4.69) is 9.71 Å². The molecule has 0 aliphatic carbocycles. The number of nitrogens with zero attached hydrogens (tertiary/aromatic N) is 1. The number of carbonyl (C=O) groups excluding carboxylic acids is 1. The van der Waals surface area contributed by atoms with Crippen molar-refractivity contribution in [1.29, 1.82) is 0 Å². The third kappa shape index (κ3) is 4.34. The molecule has 0 bridgehead atoms. The monoisotopic (exact) mass is 369 g/mol. The van der Waals surface area contributed by atoms with Gasteiger partial charge in [-0.3, -0.25) is 9.52 Å². The number of rotatable bonds is 8. The zero-order valence-corrected chi connectivity index (χ0v) is 16.2. The van der Waals surface area contributed by atoms with Crippen LogP contribution in [0.15, 0.2) is 18.2 Å². The SMILES string of the molecule is CCCCS(=O)(=O)Nc1ccc2[nH]c(C(=O)N(CC)CC)c(C)c2c1.[HH].[HH]. The Labute approximate surface area is 152 Å². The van der Waals surface area contributed by atoms with Crippen LogP contribution in [0, 0.1) is 6.92 Å². The Morgan fingerprint density at radius 2 is 1.92 bits per heavy atom. The van der Waals surface area contributed by atoms with E-state index in [0.717, 1.165) is 22.9 Å². The molecule has 1 aromatic heterocycles. The summed E-state index contributed by atoms with van der Waals surface area (Å²) in [4.78, 5) is 17.5. The molecule has 2 rings (SSSR count). The molecule has 2 N–H and O–H groups in total. The minimum atomic E-state index is -3.34. The van der Waals surface area contributed by atoms with E-state index >= 15 is 0 Å². The second-order valence-corrected chi connectivity index (χ2v) is 7.98. The molecule has 1 aromatic carbocycles. The van der Waals surface area contributed by atoms with Crippen LogP contribution in [0.1, 0.15) is 52.5 Å². The zero-order chi connectivity index (χ0) is 18.6. The zero-order valence-electron chi connectivity index (χ0n) is 15.3. The van der Waals surface area contributed by atoms with Gasteiger partial charge in [-0.15, -0.1) is 0 Å². The number of anilines is 1. The lowest BCUT2D eigenvalue weighted by Gasteiger charge is -2.18. The van der Waals surface area contributed by atoms with E-state index in [0.29, 0.717) is 30.9 Å². The number of hydrogen-bond donors (Lipinski definition) is 2. The van der Waals surface area contributed by atoms with E-state index in [1.807, 2.05) is 27.7 Å². The number of aromatic nitrogens is 1. The van der Waals surface area contributed by atoms with Gasteiger partial charge in [0.05, 0.1) is 5.75 Å². The van der Waals surface area contributed by atoms with Crippen molar-refractivity contribution in [3.8, 4) is 0 Å². The fourth-order valence-corrected chi connectivity index (χ4v) is 4.09. The number of aromatic amines is 1. The summed E-state index contributed by atoms with van der Waals surface area (Å²) in [5, 5.41) is 0.853. The summed E-state index contributed by atoms with van der Waals surface area (Å²) in [6.07, 6.45) is 1.46. The Kier molecular flexibility index (Phi) is 6.11. The summed E-state index contributed by atoms with van der Waals surface area (Å²) in [6.45, 7) is 9.02. The highest BCUT2D eigenvalue weighted by molar-refractivity contribution is 7.92. The normalized spacial score (nSPS) is 11.7. The highest BCUT2D eigenvalue weighted by Crippen LogP contribution is 2.26. The van der Waals surface area contributed by atoms with Gasteiger partial charge in [-0.2, -0.15) is 0 Å². The van der Waals surface area contributed by atoms with E-state index in [1.165, 1.54) is 0 Å². The van der Waals surface area contributed by atoms with Crippen LogP contribution in [0.2, 0.25) is 0 Å². The van der Waals surface area contributed by atoms with Gasteiger partial charge in [0.2, 0.25) is 10.0 Å². The smallest absolute Gasteiger partial charge is 0.270 e. The maximum Gasteiger partial charge on any atom is 0.270 e. The molecule has 0 saturated carbocycles. The predicted molar refractivity (Wildman–Crippen MR) is 107 cm³/mol. The third-order valence-corrected chi connectivity index (χ3v) is 5.74. The van der Waals surface area contributed by atoms with Gasteiger partial charge < -0.3 is 9.88 Å². The number of nitrogens with one attached hydrogen (secondary N) is 2. The molecule has 7 heteroatoms. The van der Waals surface area contributed by atoms with Gasteiger partial charge in [0.25, 0.3) is 5.91 Å². The number of carbonyl (C=O) groups is 1. The summed E-state index contributed by atoms with van der Waals surface area (Å²) in [7, 11) is -3.34. The number of sulfonamides is 1. The van der Waals surface area contributed by atoms with Crippen LogP contribution in [-0.4, -0.2) is 43.1 Å². The number of amides is 1. The van der Waals surface area contributed by atoms with Crippen molar-refractivity contribution < 1.29 is 16.1 Å². The van der Waals surface area contributed by atoms with Crippen molar-refractivity contribution in [2.45, 2.75) is 40.5 Å². The first-order valence-corrected chi connectivity index (χ1v) is 10.4. The lowest BCUT2D eigenvalue weighted by atomic mass is 10.1. The van der Waals surface area contributed by atoms with Gasteiger partial charge in [-0.05, 0) is 51.0 Å². The highest BCUT2D eigenvalue weighted by atomic mass is 32.2. The Morgan fingerprint density at radius 1 is 1.24 bits per heavy atom. The van der Waals surface area contributed by atoms with Crippen LogP contribution < -0.4 is 4.72 Å². The molecular formula is C18H31N3O3S. The minimum Gasteiger partial charge on any atom is -0.350 e. The van der Waals surface area contributed by atoms with Crippen LogP contribution in [0.3, 0.4) is 0 Å². The van der Waals surface area contributed by atoms with Gasteiger partial charge >= 0.3 is 0 Å². The standard InChI is InChI=1S/C18H27N3O3S.2H2/c1-5-8-11-25(23,24)20-14-9-10-16-15(12-14)13(4)17(19-16)18(22)21(6-2)7-3;;/h9-10,12,19-20H,5-8,11H2,1-4H3;2*1H. The van der Waals surface area contributed by atoms with Crippen molar-refractivity contribution >= 4 is 32.5 Å². The van der Waals surface area contributed by atoms with Gasteiger partial charge in [0, 0.05) is 32.5 Å². The van der Waals surface area contributed by atoms with Gasteiger partial charge in [-0.25, -0.2) is 8.42 Å². The van der Waals surface area contributed by atoms with Crippen molar-refractivity contribution in [2.24, 2.45) is 0 Å². The molecule has 0 aliphatic heterocycles. The molecule has 0 radical (unpaired) electrons. The quantitative estimate of drug-likeness (QED) is 0.738. The van der Waals surface area contributed by atoms with Gasteiger partial charge in [0.1, 0.15) is 5.69 Å². The van der Waals surface area contributed by atoms with Crippen molar-refractivity contribution in [1.82, 2.24) is 9.88 Å². The Hall–Kier alpha value is -2.02. The molecule has 0 fully saturated rings. The summed E-state index contributed by atoms with van der Waals surface area (Å²) < 4.78 is 26.8. The molecule has 1 heterocycles. The average Bonchev–Trinajstić information content (AvgIpc) is 2.90. The van der Waals surface area contributed by atoms with Gasteiger partial charge in [-0.1, -0.05) is 13.3 Å². The molecule has 142 valence electrons. The van der Waals surface area contributed by atoms with Crippen LogP contribution in [0.5, 0.6) is 0 Å². The molecule has 1 amide bonds. The lowest BCUT2D eigenvalue weighted by Crippen LogP contribution is -2.31. The maximum atomic E-state index is 12.6. The number of aryl methyl sites for hydroxylation is 1. The molecule has 0 spiro atoms. The summed E-state index contributed by atoms with van der Waals surface area (Å²) in [5.74, 6) is 0.0723. The molecule has 0 aliphatic rings. The summed E-state index contributed by atoms with van der Waals surface area (Å²) >= 11 is 0. The first-order valence-electron chi connectivity index (χ1n) is 8.75. The summed E-state index contributed by atoms with van der Waals surface area (Å²) in [5.41, 5.74) is 2.74. The number of benzene rings is 1. The number of unbranched alkanes of at least 4 members (excludes halogenated alkanes) is 1. The van der Waals surface area contributed by atoms with Gasteiger partial charge in [0.15, 0.2) is 0 Å². The van der Waals surface area contributed by atoms with Crippen LogP contribution >= 0.6 is 0 Å². The Morgan fingerprint density at radius 3 is 2.52 bits per heavy atom. The number of hydrogen-bond acceptors (Lipinski definition) is 3. The van der Waals surface area contributed by atoms with Crippen molar-refractivity contribution in [3.05, 3.63) is 29.5 Å². The van der Waals surface area contributed by atoms with E-state index < -0.39 is 10.0 Å². The van der Waals surface area contributed by atoms with Crippen LogP contribution in [0.25, 0.3) is 10.9 Å². The second kappa shape index (κ2) is 7.91. The maximum absolute atomic E-state index is 12.6. The lowest BCUT2D eigenvalue weighted by molar-refractivity contribution is 0.0767. The molecule has 0 atom stereocenters. The Balaban J connectivity index is 0.00000338.